The standard InChI is InChI=1S/C23H24BrN5O6/c1-10-6-14-15(7-11(10)2)29(8-16(31)20(33)17(32)9-30)22(35)19(25-14)21(34)28-23-26-13-5-3-4-12(24)18(13)27-23/h3-7,16-17,20,30-33H,8-9H2,1-2H3,(H2,26,27,28,34)/t16-,17+,20-/m0/s1. The number of aliphatic hydroxyl groups excluding tert-OH is 4. The SMILES string of the molecule is Cc1cc2nc(C(=O)Nc3nc4c(Br)cccc4[nH]3)c(=O)n(C[C@H](O)[C@H](O)[C@H](O)CO)c2cc1C. The monoisotopic (exact) mass is 545 g/mol. The summed E-state index contributed by atoms with van der Waals surface area (Å²) in [7, 11) is 0. The number of nitrogens with one attached hydrogen (secondary N) is 2. The number of amides is 1. The van der Waals surface area contributed by atoms with Crippen molar-refractivity contribution in [3.63, 3.8) is 0 Å². The van der Waals surface area contributed by atoms with Gasteiger partial charge in [-0.2, -0.15) is 0 Å². The number of aryl methyl sites for hydroxylation is 2. The van der Waals surface area contributed by atoms with E-state index in [0.29, 0.717) is 22.1 Å². The Balaban J connectivity index is 1.77. The Morgan fingerprint density at radius 2 is 1.86 bits per heavy atom. The van der Waals surface area contributed by atoms with Crippen LogP contribution in [0.15, 0.2) is 39.6 Å². The Morgan fingerprint density at radius 3 is 2.54 bits per heavy atom. The molecule has 11 nitrogen and oxygen atoms in total. The lowest BCUT2D eigenvalue weighted by atomic mass is 10.1. The highest BCUT2D eigenvalue weighted by Gasteiger charge is 2.27. The first-order chi connectivity index (χ1) is 16.6. The van der Waals surface area contributed by atoms with Gasteiger partial charge in [0.1, 0.15) is 23.8 Å². The highest BCUT2D eigenvalue weighted by atomic mass is 79.9. The van der Waals surface area contributed by atoms with Crippen LogP contribution in [0.1, 0.15) is 21.6 Å². The largest absolute Gasteiger partial charge is 0.394 e. The number of nitrogens with zero attached hydrogens (tertiary/aromatic N) is 3. The Labute approximate surface area is 207 Å². The van der Waals surface area contributed by atoms with Crippen LogP contribution in [-0.4, -0.2) is 70.8 Å². The second-order valence-corrected chi connectivity index (χ2v) is 9.14. The fraction of sp³-hybridized carbons (Fsp3) is 0.304. The molecular formula is C23H24BrN5O6. The van der Waals surface area contributed by atoms with Crippen LogP contribution in [-0.2, 0) is 6.54 Å². The van der Waals surface area contributed by atoms with Gasteiger partial charge in [-0.15, -0.1) is 0 Å². The number of hydrogen-bond acceptors (Lipinski definition) is 8. The van der Waals surface area contributed by atoms with Gasteiger partial charge in [-0.05, 0) is 65.2 Å². The highest BCUT2D eigenvalue weighted by molar-refractivity contribution is 9.10. The molecule has 2 heterocycles. The van der Waals surface area contributed by atoms with Gasteiger partial charge in [0.15, 0.2) is 5.69 Å². The molecule has 12 heteroatoms. The molecule has 0 saturated carbocycles. The van der Waals surface area contributed by atoms with Gasteiger partial charge in [0, 0.05) is 4.47 Å². The third kappa shape index (κ3) is 4.83. The summed E-state index contributed by atoms with van der Waals surface area (Å²) in [6.07, 6.45) is -4.92. The van der Waals surface area contributed by atoms with Gasteiger partial charge >= 0.3 is 0 Å². The number of aromatic nitrogens is 4. The van der Waals surface area contributed by atoms with Gasteiger partial charge in [-0.3, -0.25) is 14.9 Å². The number of carbonyl (C=O) groups excluding carboxylic acids is 1. The third-order valence-corrected chi connectivity index (χ3v) is 6.46. The molecule has 0 aliphatic carbocycles. The van der Waals surface area contributed by atoms with Crippen molar-refractivity contribution in [2.45, 2.75) is 38.7 Å². The summed E-state index contributed by atoms with van der Waals surface area (Å²) < 4.78 is 1.85. The fourth-order valence-corrected chi connectivity index (χ4v) is 4.16. The van der Waals surface area contributed by atoms with Gasteiger partial charge in [0.05, 0.1) is 29.7 Å². The Hall–Kier alpha value is -3.16. The molecule has 0 saturated heterocycles. The highest BCUT2D eigenvalue weighted by Crippen LogP contribution is 2.23. The summed E-state index contributed by atoms with van der Waals surface area (Å²) in [5, 5.41) is 41.8. The molecule has 0 fully saturated rings. The number of imidazole rings is 1. The van der Waals surface area contributed by atoms with Crippen LogP contribution in [0.2, 0.25) is 0 Å². The molecular weight excluding hydrogens is 522 g/mol. The number of H-pyrrole nitrogens is 1. The average Bonchev–Trinajstić information content (AvgIpc) is 3.24. The van der Waals surface area contributed by atoms with Crippen LogP contribution >= 0.6 is 15.9 Å². The summed E-state index contributed by atoms with van der Waals surface area (Å²) in [4.78, 5) is 38.0. The second-order valence-electron chi connectivity index (χ2n) is 8.28. The van der Waals surface area contributed by atoms with Crippen LogP contribution in [0.4, 0.5) is 5.95 Å². The lowest BCUT2D eigenvalue weighted by molar-refractivity contribution is -0.0805. The number of halogens is 1. The number of hydrogen-bond donors (Lipinski definition) is 6. The molecule has 4 rings (SSSR count). The van der Waals surface area contributed by atoms with Crippen LogP contribution in [0.3, 0.4) is 0 Å². The molecule has 0 radical (unpaired) electrons. The number of benzene rings is 2. The smallest absolute Gasteiger partial charge is 0.282 e. The van der Waals surface area contributed by atoms with Crippen LogP contribution in [0.5, 0.6) is 0 Å². The van der Waals surface area contributed by atoms with E-state index in [0.717, 1.165) is 20.2 Å². The predicted molar refractivity (Wildman–Crippen MR) is 132 cm³/mol. The van der Waals surface area contributed by atoms with Crippen molar-refractivity contribution >= 4 is 49.9 Å². The molecule has 1 amide bonds. The lowest BCUT2D eigenvalue weighted by Gasteiger charge is -2.23. The summed E-state index contributed by atoms with van der Waals surface area (Å²) in [5.41, 5.74) is 2.41. The number of para-hydroxylation sites is 1. The number of aromatic amines is 1. The number of carbonyl (C=O) groups is 1. The Bertz CT molecular complexity index is 1480. The Kier molecular flexibility index (Phi) is 7.01. The van der Waals surface area contributed by atoms with Crippen molar-refractivity contribution in [2.24, 2.45) is 0 Å². The molecule has 0 aliphatic rings. The Morgan fingerprint density at radius 1 is 1.14 bits per heavy atom. The van der Waals surface area contributed by atoms with E-state index in [1.54, 1.807) is 30.3 Å². The van der Waals surface area contributed by atoms with E-state index >= 15 is 0 Å². The first-order valence-corrected chi connectivity index (χ1v) is 11.5. The maximum atomic E-state index is 13.3. The zero-order valence-corrected chi connectivity index (χ0v) is 20.4. The quantitative estimate of drug-likeness (QED) is 0.199. The second kappa shape index (κ2) is 9.84. The molecule has 0 spiro atoms. The number of anilines is 1. The van der Waals surface area contributed by atoms with Crippen molar-refractivity contribution in [1.29, 1.82) is 0 Å². The van der Waals surface area contributed by atoms with E-state index in [9.17, 15) is 24.9 Å². The topological polar surface area (TPSA) is 174 Å². The number of fused-ring (bicyclic) bond motifs is 2. The molecule has 184 valence electrons. The van der Waals surface area contributed by atoms with Crippen molar-refractivity contribution < 1.29 is 25.2 Å². The van der Waals surface area contributed by atoms with Crippen LogP contribution in [0, 0.1) is 13.8 Å². The molecule has 6 N–H and O–H groups in total. The molecule has 35 heavy (non-hydrogen) atoms. The normalized spacial score (nSPS) is 14.3. The molecule has 4 aromatic rings. The first kappa shape index (κ1) is 24.9. The maximum absolute atomic E-state index is 13.3. The minimum absolute atomic E-state index is 0.117. The van der Waals surface area contributed by atoms with Gasteiger partial charge in [-0.1, -0.05) is 6.07 Å². The summed E-state index contributed by atoms with van der Waals surface area (Å²) in [6.45, 7) is 2.47. The minimum Gasteiger partial charge on any atom is -0.394 e. The zero-order valence-electron chi connectivity index (χ0n) is 18.9. The molecule has 0 aliphatic heterocycles. The molecule has 3 atom stereocenters. The van der Waals surface area contributed by atoms with Crippen molar-refractivity contribution in [3.8, 4) is 0 Å². The zero-order chi connectivity index (χ0) is 25.4. The summed E-state index contributed by atoms with van der Waals surface area (Å²) in [6, 6.07) is 8.79. The van der Waals surface area contributed by atoms with Gasteiger partial charge < -0.3 is 30.0 Å². The lowest BCUT2D eigenvalue weighted by Crippen LogP contribution is -2.44. The van der Waals surface area contributed by atoms with E-state index < -0.39 is 48.6 Å². The van der Waals surface area contributed by atoms with E-state index in [4.69, 9.17) is 5.11 Å². The predicted octanol–water partition coefficient (Wildman–Crippen LogP) is 0.979. The van der Waals surface area contributed by atoms with Crippen molar-refractivity contribution in [3.05, 3.63) is 62.0 Å². The van der Waals surface area contributed by atoms with Crippen molar-refractivity contribution in [2.75, 3.05) is 11.9 Å². The fourth-order valence-electron chi connectivity index (χ4n) is 3.71. The molecule has 0 unspecified atom stereocenters. The van der Waals surface area contributed by atoms with Crippen LogP contribution in [0.25, 0.3) is 22.1 Å². The molecule has 2 aromatic carbocycles. The third-order valence-electron chi connectivity index (χ3n) is 5.82. The van der Waals surface area contributed by atoms with E-state index in [2.05, 4.69) is 36.2 Å². The van der Waals surface area contributed by atoms with Crippen LogP contribution < -0.4 is 10.9 Å². The van der Waals surface area contributed by atoms with Crippen molar-refractivity contribution in [1.82, 2.24) is 19.5 Å². The maximum Gasteiger partial charge on any atom is 0.282 e. The van der Waals surface area contributed by atoms with E-state index in [1.807, 2.05) is 13.8 Å². The summed E-state index contributed by atoms with van der Waals surface area (Å²) >= 11 is 3.39. The van der Waals surface area contributed by atoms with E-state index in [1.165, 1.54) is 0 Å². The van der Waals surface area contributed by atoms with E-state index in [-0.39, 0.29) is 5.95 Å². The van der Waals surface area contributed by atoms with Gasteiger partial charge in [0.25, 0.3) is 11.5 Å². The number of rotatable bonds is 7. The molecule has 2 aromatic heterocycles. The average molecular weight is 546 g/mol. The minimum atomic E-state index is -1.71. The van der Waals surface area contributed by atoms with Gasteiger partial charge in [0.2, 0.25) is 5.95 Å². The summed E-state index contributed by atoms with van der Waals surface area (Å²) in [5.74, 6) is -0.698. The van der Waals surface area contributed by atoms with Gasteiger partial charge in [-0.25, -0.2) is 9.97 Å². The number of aliphatic hydroxyl groups is 4. The molecule has 0 bridgehead atoms. The first-order valence-electron chi connectivity index (χ1n) is 10.7.